The number of anilines is 1. The maximum absolute atomic E-state index is 5.08. The highest BCUT2D eigenvalue weighted by Gasteiger charge is 2.26. The first-order chi connectivity index (χ1) is 13.4. The highest BCUT2D eigenvalue weighted by molar-refractivity contribution is 5.85. The van der Waals surface area contributed by atoms with E-state index in [9.17, 15) is 0 Å². The lowest BCUT2D eigenvalue weighted by molar-refractivity contribution is 0.630. The molecule has 2 aromatic heterocycles. The van der Waals surface area contributed by atoms with Crippen molar-refractivity contribution < 1.29 is 0 Å². The number of unbranched alkanes of at least 4 members (excludes halogenated alkanes) is 1. The van der Waals surface area contributed by atoms with Crippen LogP contribution in [-0.4, -0.2) is 27.7 Å². The fourth-order valence-electron chi connectivity index (χ4n) is 4.89. The van der Waals surface area contributed by atoms with Crippen LogP contribution >= 0.6 is 0 Å². The third kappa shape index (κ3) is 2.99. The first-order valence-electron chi connectivity index (χ1n) is 10.6. The van der Waals surface area contributed by atoms with Crippen LogP contribution in [0.25, 0.3) is 16.8 Å². The molecule has 28 heavy (non-hydrogen) atoms. The molecule has 0 amide bonds. The van der Waals surface area contributed by atoms with Crippen LogP contribution in [0.5, 0.6) is 0 Å². The molecular formula is C24H32N4. The number of aromatic nitrogens is 3. The average molecular weight is 377 g/mol. The molecule has 0 unspecified atom stereocenters. The van der Waals surface area contributed by atoms with Gasteiger partial charge in [-0.25, -0.2) is 4.98 Å². The number of rotatable bonds is 4. The number of benzene rings is 1. The molecule has 0 N–H and O–H groups in total. The van der Waals surface area contributed by atoms with Gasteiger partial charge >= 0.3 is 0 Å². The van der Waals surface area contributed by atoms with Crippen molar-refractivity contribution in [1.29, 1.82) is 0 Å². The second kappa shape index (κ2) is 7.23. The molecule has 4 heteroatoms. The van der Waals surface area contributed by atoms with Crippen LogP contribution < -0.4 is 4.90 Å². The van der Waals surface area contributed by atoms with Crippen LogP contribution in [0.1, 0.15) is 59.8 Å². The Balaban J connectivity index is 2.00. The lowest BCUT2D eigenvalue weighted by atomic mass is 9.94. The first-order valence-corrected chi connectivity index (χ1v) is 10.6. The van der Waals surface area contributed by atoms with Crippen molar-refractivity contribution in [3.05, 3.63) is 45.8 Å². The standard InChI is InChI=1S/C24H32N4/c1-7-8-11-27-12-9-10-20-18(5)25-23-22(19(6)26-28(23)24(20)27)21-16(3)13-15(2)14-17(21)4/h13-14H,7-12H2,1-6H3. The summed E-state index contributed by atoms with van der Waals surface area (Å²) in [5.41, 5.74) is 11.0. The predicted octanol–water partition coefficient (Wildman–Crippen LogP) is 5.49. The fourth-order valence-corrected chi connectivity index (χ4v) is 4.89. The molecule has 4 rings (SSSR count). The van der Waals surface area contributed by atoms with Crippen LogP contribution in [0.4, 0.5) is 5.82 Å². The molecule has 0 fully saturated rings. The molecule has 0 aliphatic carbocycles. The van der Waals surface area contributed by atoms with E-state index < -0.39 is 0 Å². The minimum atomic E-state index is 1.01. The number of fused-ring (bicyclic) bond motifs is 3. The topological polar surface area (TPSA) is 33.4 Å². The van der Waals surface area contributed by atoms with Gasteiger partial charge in [-0.2, -0.15) is 9.61 Å². The van der Waals surface area contributed by atoms with Crippen molar-refractivity contribution in [2.24, 2.45) is 0 Å². The van der Waals surface area contributed by atoms with E-state index in [2.05, 4.69) is 63.1 Å². The molecule has 0 radical (unpaired) electrons. The maximum Gasteiger partial charge on any atom is 0.165 e. The molecule has 0 saturated heterocycles. The van der Waals surface area contributed by atoms with Gasteiger partial charge in [-0.3, -0.25) is 0 Å². The van der Waals surface area contributed by atoms with E-state index in [0.717, 1.165) is 36.5 Å². The Bertz CT molecular complexity index is 1020. The Hall–Kier alpha value is -2.36. The van der Waals surface area contributed by atoms with Crippen molar-refractivity contribution in [3.63, 3.8) is 0 Å². The third-order valence-electron chi connectivity index (χ3n) is 6.08. The van der Waals surface area contributed by atoms with Gasteiger partial charge in [0.2, 0.25) is 0 Å². The van der Waals surface area contributed by atoms with Gasteiger partial charge in [0.05, 0.1) is 11.3 Å². The van der Waals surface area contributed by atoms with E-state index in [1.165, 1.54) is 58.5 Å². The number of hydrogen-bond acceptors (Lipinski definition) is 3. The maximum atomic E-state index is 5.08. The van der Waals surface area contributed by atoms with E-state index in [-0.39, 0.29) is 0 Å². The molecule has 1 aliphatic heterocycles. The molecule has 0 saturated carbocycles. The molecule has 0 bridgehead atoms. The molecule has 3 heterocycles. The van der Waals surface area contributed by atoms with Crippen molar-refractivity contribution in [3.8, 4) is 11.1 Å². The minimum absolute atomic E-state index is 1.01. The number of aryl methyl sites for hydroxylation is 5. The normalized spacial score (nSPS) is 14.0. The largest absolute Gasteiger partial charge is 0.356 e. The molecule has 4 nitrogen and oxygen atoms in total. The highest BCUT2D eigenvalue weighted by Crippen LogP contribution is 2.37. The van der Waals surface area contributed by atoms with Crippen molar-refractivity contribution in [2.45, 2.75) is 67.2 Å². The molecule has 3 aromatic rings. The van der Waals surface area contributed by atoms with E-state index in [0.29, 0.717) is 0 Å². The minimum Gasteiger partial charge on any atom is -0.356 e. The monoisotopic (exact) mass is 376 g/mol. The third-order valence-corrected chi connectivity index (χ3v) is 6.08. The Morgan fingerprint density at radius 3 is 2.36 bits per heavy atom. The van der Waals surface area contributed by atoms with Gasteiger partial charge in [-0.1, -0.05) is 31.0 Å². The van der Waals surface area contributed by atoms with Gasteiger partial charge in [0, 0.05) is 24.3 Å². The second-order valence-corrected chi connectivity index (χ2v) is 8.41. The van der Waals surface area contributed by atoms with E-state index in [4.69, 9.17) is 10.1 Å². The summed E-state index contributed by atoms with van der Waals surface area (Å²) >= 11 is 0. The molecule has 1 aromatic carbocycles. The van der Waals surface area contributed by atoms with Crippen LogP contribution in [0, 0.1) is 34.6 Å². The van der Waals surface area contributed by atoms with Crippen LogP contribution in [0.15, 0.2) is 12.1 Å². The summed E-state index contributed by atoms with van der Waals surface area (Å²) in [6, 6.07) is 4.54. The van der Waals surface area contributed by atoms with Gasteiger partial charge in [-0.15, -0.1) is 0 Å². The summed E-state index contributed by atoms with van der Waals surface area (Å²) in [5.74, 6) is 1.28. The SMILES string of the molecule is CCCCN1CCCc2c(C)nc3c(-c4c(C)cc(C)cc4C)c(C)nn3c21. The lowest BCUT2D eigenvalue weighted by Gasteiger charge is -2.32. The molecule has 148 valence electrons. The van der Waals surface area contributed by atoms with Crippen LogP contribution in [0.2, 0.25) is 0 Å². The lowest BCUT2D eigenvalue weighted by Crippen LogP contribution is -2.33. The van der Waals surface area contributed by atoms with Gasteiger partial charge < -0.3 is 4.90 Å². The van der Waals surface area contributed by atoms with Crippen molar-refractivity contribution in [1.82, 2.24) is 14.6 Å². The number of nitrogens with zero attached hydrogens (tertiary/aromatic N) is 4. The zero-order chi connectivity index (χ0) is 20.0. The summed E-state index contributed by atoms with van der Waals surface area (Å²) in [7, 11) is 0. The van der Waals surface area contributed by atoms with Gasteiger partial charge in [0.1, 0.15) is 5.82 Å². The first kappa shape index (κ1) is 19.0. The Labute approximate surface area is 168 Å². The zero-order valence-corrected chi connectivity index (χ0v) is 18.2. The second-order valence-electron chi connectivity index (χ2n) is 8.41. The summed E-state index contributed by atoms with van der Waals surface area (Å²) in [5, 5.41) is 5.02. The van der Waals surface area contributed by atoms with Gasteiger partial charge in [0.15, 0.2) is 5.65 Å². The Morgan fingerprint density at radius 2 is 1.68 bits per heavy atom. The van der Waals surface area contributed by atoms with E-state index >= 15 is 0 Å². The summed E-state index contributed by atoms with van der Waals surface area (Å²) in [6.45, 7) is 15.3. The molecule has 1 aliphatic rings. The van der Waals surface area contributed by atoms with Crippen LogP contribution in [0.3, 0.4) is 0 Å². The Morgan fingerprint density at radius 1 is 0.964 bits per heavy atom. The molecule has 0 spiro atoms. The van der Waals surface area contributed by atoms with Crippen LogP contribution in [-0.2, 0) is 6.42 Å². The smallest absolute Gasteiger partial charge is 0.165 e. The zero-order valence-electron chi connectivity index (χ0n) is 18.2. The average Bonchev–Trinajstić information content (AvgIpc) is 2.95. The van der Waals surface area contributed by atoms with Crippen molar-refractivity contribution >= 4 is 11.5 Å². The van der Waals surface area contributed by atoms with E-state index in [1.807, 2.05) is 0 Å². The van der Waals surface area contributed by atoms with Gasteiger partial charge in [-0.05, 0) is 70.6 Å². The van der Waals surface area contributed by atoms with E-state index in [1.54, 1.807) is 0 Å². The molecular weight excluding hydrogens is 344 g/mol. The molecule has 0 atom stereocenters. The predicted molar refractivity (Wildman–Crippen MR) is 118 cm³/mol. The highest BCUT2D eigenvalue weighted by atomic mass is 15.4. The van der Waals surface area contributed by atoms with Crippen molar-refractivity contribution in [2.75, 3.05) is 18.0 Å². The van der Waals surface area contributed by atoms with Gasteiger partial charge in [0.25, 0.3) is 0 Å². The quantitative estimate of drug-likeness (QED) is 0.603. The summed E-state index contributed by atoms with van der Waals surface area (Å²) < 4.78 is 2.14. The summed E-state index contributed by atoms with van der Waals surface area (Å²) in [4.78, 5) is 7.62. The summed E-state index contributed by atoms with van der Waals surface area (Å²) in [6.07, 6.45) is 4.73. The number of hydrogen-bond donors (Lipinski definition) is 0. The fraction of sp³-hybridized carbons (Fsp3) is 0.500. The Kier molecular flexibility index (Phi) is 4.90.